The third kappa shape index (κ3) is 5.68. The molecule has 0 aliphatic heterocycles. The van der Waals surface area contributed by atoms with Crippen molar-refractivity contribution in [2.45, 2.75) is 18.4 Å². The third-order valence-corrected chi connectivity index (χ3v) is 6.83. The van der Waals surface area contributed by atoms with Crippen molar-refractivity contribution in [1.29, 1.82) is 0 Å². The number of hydrogen-bond acceptors (Lipinski definition) is 4. The lowest BCUT2D eigenvalue weighted by atomic mass is 10.1. The van der Waals surface area contributed by atoms with Crippen LogP contribution in [0.4, 0.5) is 10.1 Å². The van der Waals surface area contributed by atoms with E-state index in [0.29, 0.717) is 9.87 Å². The predicted octanol–water partition coefficient (Wildman–Crippen LogP) is 4.00. The van der Waals surface area contributed by atoms with Gasteiger partial charge in [-0.3, -0.25) is 9.10 Å². The van der Waals surface area contributed by atoms with Crippen LogP contribution >= 0.6 is 11.6 Å². The minimum absolute atomic E-state index is 0.0452. The Labute approximate surface area is 195 Å². The van der Waals surface area contributed by atoms with Gasteiger partial charge in [0, 0.05) is 6.54 Å². The van der Waals surface area contributed by atoms with E-state index >= 15 is 0 Å². The highest BCUT2D eigenvalue weighted by atomic mass is 35.5. The highest BCUT2D eigenvalue weighted by Gasteiger charge is 2.29. The topological polar surface area (TPSA) is 104 Å². The molecule has 172 valence electrons. The molecule has 0 unspecified atom stereocenters. The fraction of sp³-hybridized carbons (Fsp3) is 0.130. The van der Waals surface area contributed by atoms with Crippen molar-refractivity contribution in [2.24, 2.45) is 0 Å². The summed E-state index contributed by atoms with van der Waals surface area (Å²) in [6.45, 7) is 1.03. The van der Waals surface area contributed by atoms with E-state index in [0.717, 1.165) is 5.56 Å². The molecule has 0 heterocycles. The van der Waals surface area contributed by atoms with E-state index in [9.17, 15) is 22.4 Å². The molecular weight excluding hydrogens is 471 g/mol. The molecule has 10 heteroatoms. The summed E-state index contributed by atoms with van der Waals surface area (Å²) in [5, 5.41) is 11.3. The van der Waals surface area contributed by atoms with E-state index in [-0.39, 0.29) is 27.7 Å². The molecule has 0 aromatic heterocycles. The Kier molecular flexibility index (Phi) is 7.35. The predicted molar refractivity (Wildman–Crippen MR) is 122 cm³/mol. The van der Waals surface area contributed by atoms with Crippen LogP contribution in [-0.4, -0.2) is 31.9 Å². The number of amides is 1. The van der Waals surface area contributed by atoms with E-state index in [4.69, 9.17) is 16.7 Å². The van der Waals surface area contributed by atoms with E-state index < -0.39 is 34.3 Å². The fourth-order valence-electron chi connectivity index (χ4n) is 3.02. The Morgan fingerprint density at radius 1 is 1.06 bits per heavy atom. The minimum atomic E-state index is -4.31. The van der Waals surface area contributed by atoms with Crippen LogP contribution in [0.1, 0.15) is 21.5 Å². The van der Waals surface area contributed by atoms with Crippen molar-refractivity contribution in [3.05, 3.63) is 94.3 Å². The first-order valence-electron chi connectivity index (χ1n) is 9.72. The van der Waals surface area contributed by atoms with Gasteiger partial charge in [0.05, 0.1) is 21.2 Å². The minimum Gasteiger partial charge on any atom is -0.478 e. The number of benzene rings is 3. The van der Waals surface area contributed by atoms with Crippen molar-refractivity contribution in [1.82, 2.24) is 5.32 Å². The summed E-state index contributed by atoms with van der Waals surface area (Å²) in [7, 11) is -4.31. The first kappa shape index (κ1) is 24.2. The number of sulfonamides is 1. The SMILES string of the molecule is Cc1ccc(S(=O)(=O)N(CC(=O)NCc2cccc(C(=O)O)c2)c2cccc(Cl)c2F)cc1. The molecular formula is C23H20ClFN2O5S. The van der Waals surface area contributed by atoms with E-state index in [1.54, 1.807) is 25.1 Å². The van der Waals surface area contributed by atoms with E-state index in [2.05, 4.69) is 5.32 Å². The molecule has 3 rings (SSSR count). The average molecular weight is 491 g/mol. The Morgan fingerprint density at radius 2 is 1.73 bits per heavy atom. The van der Waals surface area contributed by atoms with Crippen molar-refractivity contribution >= 4 is 39.2 Å². The van der Waals surface area contributed by atoms with Gasteiger partial charge in [-0.1, -0.05) is 47.5 Å². The molecule has 3 aromatic rings. The van der Waals surface area contributed by atoms with Crippen LogP contribution in [0.3, 0.4) is 0 Å². The van der Waals surface area contributed by atoms with Crippen LogP contribution in [-0.2, 0) is 21.4 Å². The zero-order valence-corrected chi connectivity index (χ0v) is 19.0. The normalized spacial score (nSPS) is 11.1. The van der Waals surface area contributed by atoms with E-state index in [1.165, 1.54) is 48.5 Å². The molecule has 0 atom stereocenters. The van der Waals surface area contributed by atoms with Crippen molar-refractivity contribution < 1.29 is 27.5 Å². The number of nitrogens with zero attached hydrogens (tertiary/aromatic N) is 1. The molecule has 0 saturated heterocycles. The van der Waals surface area contributed by atoms with Crippen molar-refractivity contribution in [3.8, 4) is 0 Å². The molecule has 33 heavy (non-hydrogen) atoms. The molecule has 1 amide bonds. The number of hydrogen-bond donors (Lipinski definition) is 2. The summed E-state index contributed by atoms with van der Waals surface area (Å²) in [6, 6.07) is 15.7. The quantitative estimate of drug-likeness (QED) is 0.496. The maximum absolute atomic E-state index is 14.8. The lowest BCUT2D eigenvalue weighted by molar-refractivity contribution is -0.119. The largest absolute Gasteiger partial charge is 0.478 e. The molecule has 0 fully saturated rings. The molecule has 0 saturated carbocycles. The second-order valence-corrected chi connectivity index (χ2v) is 9.45. The van der Waals surface area contributed by atoms with Gasteiger partial charge in [-0.25, -0.2) is 17.6 Å². The number of aryl methyl sites for hydroxylation is 1. The Balaban J connectivity index is 1.89. The van der Waals surface area contributed by atoms with Crippen LogP contribution in [0.15, 0.2) is 71.6 Å². The van der Waals surface area contributed by atoms with Crippen molar-refractivity contribution in [2.75, 3.05) is 10.8 Å². The highest BCUT2D eigenvalue weighted by Crippen LogP contribution is 2.30. The van der Waals surface area contributed by atoms with Crippen LogP contribution in [0.2, 0.25) is 5.02 Å². The highest BCUT2D eigenvalue weighted by molar-refractivity contribution is 7.92. The Morgan fingerprint density at radius 3 is 2.39 bits per heavy atom. The maximum Gasteiger partial charge on any atom is 0.335 e. The molecule has 7 nitrogen and oxygen atoms in total. The van der Waals surface area contributed by atoms with Gasteiger partial charge in [0.15, 0.2) is 5.82 Å². The number of carboxylic acids is 1. The summed E-state index contributed by atoms with van der Waals surface area (Å²) in [5.41, 5.74) is 1.01. The first-order chi connectivity index (χ1) is 15.6. The van der Waals surface area contributed by atoms with E-state index in [1.807, 2.05) is 0 Å². The summed E-state index contributed by atoms with van der Waals surface area (Å²) in [5.74, 6) is -2.81. The standard InChI is InChI=1S/C23H20ClFN2O5S/c1-15-8-10-18(11-9-15)33(31,32)27(20-7-3-6-19(24)22(20)25)14-21(28)26-13-16-4-2-5-17(12-16)23(29)30/h2-12H,13-14H2,1H3,(H,26,28)(H,29,30). The summed E-state index contributed by atoms with van der Waals surface area (Å²) >= 11 is 5.85. The fourth-order valence-corrected chi connectivity index (χ4v) is 4.61. The molecule has 0 bridgehead atoms. The number of aromatic carboxylic acids is 1. The lowest BCUT2D eigenvalue weighted by Gasteiger charge is -2.25. The zero-order chi connectivity index (χ0) is 24.2. The summed E-state index contributed by atoms with van der Waals surface area (Å²) in [4.78, 5) is 23.7. The van der Waals surface area contributed by atoms with Gasteiger partial charge in [-0.15, -0.1) is 0 Å². The smallest absolute Gasteiger partial charge is 0.335 e. The zero-order valence-electron chi connectivity index (χ0n) is 17.5. The number of rotatable bonds is 8. The number of carboxylic acid groups (broad SMARTS) is 1. The van der Waals surface area contributed by atoms with Gasteiger partial charge in [-0.2, -0.15) is 0 Å². The first-order valence-corrected chi connectivity index (χ1v) is 11.5. The van der Waals surface area contributed by atoms with Gasteiger partial charge in [0.1, 0.15) is 6.54 Å². The van der Waals surface area contributed by atoms with Gasteiger partial charge < -0.3 is 10.4 Å². The maximum atomic E-state index is 14.8. The summed E-state index contributed by atoms with van der Waals surface area (Å²) in [6.07, 6.45) is 0. The molecule has 0 aliphatic rings. The number of halogens is 2. The summed E-state index contributed by atoms with van der Waals surface area (Å²) < 4.78 is 42.0. The second-order valence-electron chi connectivity index (χ2n) is 7.18. The van der Waals surface area contributed by atoms with Crippen LogP contribution in [0.5, 0.6) is 0 Å². The van der Waals surface area contributed by atoms with Gasteiger partial charge >= 0.3 is 5.97 Å². The Bertz CT molecular complexity index is 1300. The van der Waals surface area contributed by atoms with Crippen molar-refractivity contribution in [3.63, 3.8) is 0 Å². The third-order valence-electron chi connectivity index (χ3n) is 4.76. The van der Waals surface area contributed by atoms with Crippen LogP contribution < -0.4 is 9.62 Å². The molecule has 3 aromatic carbocycles. The number of carbonyl (C=O) groups excluding carboxylic acids is 1. The van der Waals surface area contributed by atoms with Gasteiger partial charge in [-0.05, 0) is 48.9 Å². The molecule has 0 radical (unpaired) electrons. The number of carbonyl (C=O) groups is 2. The number of anilines is 1. The van der Waals surface area contributed by atoms with Gasteiger partial charge in [0.25, 0.3) is 10.0 Å². The lowest BCUT2D eigenvalue weighted by Crippen LogP contribution is -2.41. The monoisotopic (exact) mass is 490 g/mol. The Hall–Kier alpha value is -3.43. The van der Waals surface area contributed by atoms with Gasteiger partial charge in [0.2, 0.25) is 5.91 Å². The second kappa shape index (κ2) is 10.0. The van der Waals surface area contributed by atoms with Crippen LogP contribution in [0, 0.1) is 12.7 Å². The average Bonchev–Trinajstić information content (AvgIpc) is 2.78. The van der Waals surface area contributed by atoms with Crippen LogP contribution in [0.25, 0.3) is 0 Å². The molecule has 0 aliphatic carbocycles. The number of nitrogens with one attached hydrogen (secondary N) is 1. The molecule has 0 spiro atoms. The molecule has 2 N–H and O–H groups in total.